The fourth-order valence-corrected chi connectivity index (χ4v) is 2.44. The lowest BCUT2D eigenvalue weighted by atomic mass is 10.2. The predicted molar refractivity (Wildman–Crippen MR) is 96.4 cm³/mol. The van der Waals surface area contributed by atoms with Gasteiger partial charge in [-0.2, -0.15) is 4.98 Å². The number of ether oxygens (including phenoxy) is 1. The van der Waals surface area contributed by atoms with Crippen molar-refractivity contribution in [3.8, 4) is 5.75 Å². The zero-order valence-electron chi connectivity index (χ0n) is 14.6. The van der Waals surface area contributed by atoms with E-state index in [2.05, 4.69) is 15.5 Å². The van der Waals surface area contributed by atoms with Crippen molar-refractivity contribution in [3.63, 3.8) is 0 Å². The van der Waals surface area contributed by atoms with Crippen LogP contribution in [0.4, 0.5) is 0 Å². The molecule has 1 aromatic heterocycles. The first-order chi connectivity index (χ1) is 12.7. The van der Waals surface area contributed by atoms with E-state index in [1.165, 1.54) is 0 Å². The third-order valence-corrected chi connectivity index (χ3v) is 3.77. The molecule has 0 radical (unpaired) electrons. The first-order valence-electron chi connectivity index (χ1n) is 8.50. The Bertz CT molecular complexity index is 846. The van der Waals surface area contributed by atoms with E-state index < -0.39 is 0 Å². The predicted octanol–water partition coefficient (Wildman–Crippen LogP) is 3.21. The summed E-state index contributed by atoms with van der Waals surface area (Å²) in [7, 11) is 0. The van der Waals surface area contributed by atoms with Gasteiger partial charge in [0.2, 0.25) is 11.8 Å². The van der Waals surface area contributed by atoms with Crippen LogP contribution >= 0.6 is 0 Å². The number of carbonyl (C=O) groups is 1. The lowest BCUT2D eigenvalue weighted by Gasteiger charge is -2.09. The number of nitrogens with zero attached hydrogens (tertiary/aromatic N) is 2. The van der Waals surface area contributed by atoms with Gasteiger partial charge in [0.1, 0.15) is 12.4 Å². The molecular formula is C20H21N3O3. The molecule has 1 heterocycles. The summed E-state index contributed by atoms with van der Waals surface area (Å²) < 4.78 is 10.8. The molecule has 0 bridgehead atoms. The summed E-state index contributed by atoms with van der Waals surface area (Å²) in [5.74, 6) is 1.78. The standard InChI is InChI=1S/C20H21N3O3/c1-15-22-20(26-23-15)11-10-19(24)21-13-17-8-5-9-18(12-17)25-14-16-6-3-2-4-7-16/h2-9,12H,10-11,13-14H2,1H3,(H,21,24). The van der Waals surface area contributed by atoms with Crippen molar-refractivity contribution in [2.75, 3.05) is 0 Å². The Hall–Kier alpha value is -3.15. The fourth-order valence-electron chi connectivity index (χ4n) is 2.44. The number of hydrogen-bond acceptors (Lipinski definition) is 5. The molecule has 3 rings (SSSR count). The molecule has 0 atom stereocenters. The minimum Gasteiger partial charge on any atom is -0.489 e. The minimum atomic E-state index is -0.0588. The zero-order chi connectivity index (χ0) is 18.2. The number of hydrogen-bond donors (Lipinski definition) is 1. The molecule has 0 saturated heterocycles. The highest BCUT2D eigenvalue weighted by Crippen LogP contribution is 2.15. The number of rotatable bonds is 8. The molecule has 6 heteroatoms. The van der Waals surface area contributed by atoms with Gasteiger partial charge < -0.3 is 14.6 Å². The molecule has 3 aromatic rings. The van der Waals surface area contributed by atoms with E-state index in [1.54, 1.807) is 6.92 Å². The van der Waals surface area contributed by atoms with Gasteiger partial charge in [-0.1, -0.05) is 47.6 Å². The number of aromatic nitrogens is 2. The lowest BCUT2D eigenvalue weighted by molar-refractivity contribution is -0.121. The number of amides is 1. The van der Waals surface area contributed by atoms with Gasteiger partial charge in [-0.15, -0.1) is 0 Å². The van der Waals surface area contributed by atoms with Crippen LogP contribution < -0.4 is 10.1 Å². The summed E-state index contributed by atoms with van der Waals surface area (Å²) in [4.78, 5) is 16.0. The van der Waals surface area contributed by atoms with E-state index in [0.29, 0.717) is 37.7 Å². The molecule has 0 aliphatic heterocycles. The second-order valence-electron chi connectivity index (χ2n) is 5.93. The topological polar surface area (TPSA) is 77.2 Å². The second kappa shape index (κ2) is 8.80. The van der Waals surface area contributed by atoms with Crippen molar-refractivity contribution >= 4 is 5.91 Å². The van der Waals surface area contributed by atoms with Crippen LogP contribution in [0.5, 0.6) is 5.75 Å². The highest BCUT2D eigenvalue weighted by Gasteiger charge is 2.07. The number of aryl methyl sites for hydroxylation is 2. The van der Waals surface area contributed by atoms with Gasteiger partial charge in [0.15, 0.2) is 5.82 Å². The van der Waals surface area contributed by atoms with Crippen molar-refractivity contribution in [1.82, 2.24) is 15.5 Å². The minimum absolute atomic E-state index is 0.0588. The summed E-state index contributed by atoms with van der Waals surface area (Å²) in [5, 5.41) is 6.60. The third kappa shape index (κ3) is 5.44. The van der Waals surface area contributed by atoms with Crippen LogP contribution in [-0.4, -0.2) is 16.0 Å². The first kappa shape index (κ1) is 17.7. The SMILES string of the molecule is Cc1noc(CCC(=O)NCc2cccc(OCc3ccccc3)c2)n1. The quantitative estimate of drug-likeness (QED) is 0.674. The van der Waals surface area contributed by atoms with Gasteiger partial charge in [0.25, 0.3) is 0 Å². The van der Waals surface area contributed by atoms with Crippen molar-refractivity contribution in [2.24, 2.45) is 0 Å². The summed E-state index contributed by atoms with van der Waals surface area (Å²) in [6.45, 7) is 2.71. The highest BCUT2D eigenvalue weighted by atomic mass is 16.5. The molecule has 1 N–H and O–H groups in total. The maximum absolute atomic E-state index is 12.0. The molecule has 0 aliphatic rings. The van der Waals surface area contributed by atoms with Gasteiger partial charge in [-0.3, -0.25) is 4.79 Å². The lowest BCUT2D eigenvalue weighted by Crippen LogP contribution is -2.23. The molecule has 0 aliphatic carbocycles. The average molecular weight is 351 g/mol. The van der Waals surface area contributed by atoms with Gasteiger partial charge in [-0.25, -0.2) is 0 Å². The molecule has 0 fully saturated rings. The van der Waals surface area contributed by atoms with E-state index in [4.69, 9.17) is 9.26 Å². The Morgan fingerprint density at radius 2 is 1.92 bits per heavy atom. The second-order valence-corrected chi connectivity index (χ2v) is 5.93. The summed E-state index contributed by atoms with van der Waals surface area (Å²) in [5.41, 5.74) is 2.10. The molecule has 134 valence electrons. The van der Waals surface area contributed by atoms with Crippen LogP contribution in [0.25, 0.3) is 0 Å². The van der Waals surface area contributed by atoms with Gasteiger partial charge in [0.05, 0.1) is 0 Å². The smallest absolute Gasteiger partial charge is 0.227 e. The molecule has 0 unspecified atom stereocenters. The third-order valence-electron chi connectivity index (χ3n) is 3.77. The van der Waals surface area contributed by atoms with Crippen molar-refractivity contribution in [3.05, 3.63) is 77.4 Å². The van der Waals surface area contributed by atoms with Gasteiger partial charge in [-0.05, 0) is 30.2 Å². The maximum Gasteiger partial charge on any atom is 0.227 e. The summed E-state index contributed by atoms with van der Waals surface area (Å²) >= 11 is 0. The van der Waals surface area contributed by atoms with E-state index >= 15 is 0 Å². The summed E-state index contributed by atoms with van der Waals surface area (Å²) in [6.07, 6.45) is 0.749. The first-order valence-corrected chi connectivity index (χ1v) is 8.50. The van der Waals surface area contributed by atoms with Crippen LogP contribution in [-0.2, 0) is 24.4 Å². The van der Waals surface area contributed by atoms with Crippen LogP contribution in [0, 0.1) is 6.92 Å². The van der Waals surface area contributed by atoms with E-state index in [0.717, 1.165) is 16.9 Å². The number of benzene rings is 2. The zero-order valence-corrected chi connectivity index (χ0v) is 14.6. The van der Waals surface area contributed by atoms with Crippen molar-refractivity contribution < 1.29 is 14.1 Å². The Kier molecular flexibility index (Phi) is 5.98. The maximum atomic E-state index is 12.0. The van der Waals surface area contributed by atoms with E-state index in [1.807, 2.05) is 54.6 Å². The normalized spacial score (nSPS) is 10.5. The Balaban J connectivity index is 1.45. The van der Waals surface area contributed by atoms with E-state index in [-0.39, 0.29) is 5.91 Å². The molecule has 0 spiro atoms. The fraction of sp³-hybridized carbons (Fsp3) is 0.250. The average Bonchev–Trinajstić information content (AvgIpc) is 3.09. The number of carbonyl (C=O) groups excluding carboxylic acids is 1. The molecule has 26 heavy (non-hydrogen) atoms. The van der Waals surface area contributed by atoms with Crippen molar-refractivity contribution in [1.29, 1.82) is 0 Å². The Morgan fingerprint density at radius 3 is 2.69 bits per heavy atom. The molecule has 2 aromatic carbocycles. The van der Waals surface area contributed by atoms with Crippen LogP contribution in [0.2, 0.25) is 0 Å². The van der Waals surface area contributed by atoms with Crippen LogP contribution in [0.1, 0.15) is 29.3 Å². The monoisotopic (exact) mass is 351 g/mol. The van der Waals surface area contributed by atoms with Crippen LogP contribution in [0.3, 0.4) is 0 Å². The molecular weight excluding hydrogens is 330 g/mol. The summed E-state index contributed by atoms with van der Waals surface area (Å²) in [6, 6.07) is 17.7. The van der Waals surface area contributed by atoms with Crippen LogP contribution in [0.15, 0.2) is 59.1 Å². The van der Waals surface area contributed by atoms with Crippen molar-refractivity contribution in [2.45, 2.75) is 32.9 Å². The molecule has 6 nitrogen and oxygen atoms in total. The van der Waals surface area contributed by atoms with E-state index in [9.17, 15) is 4.79 Å². The highest BCUT2D eigenvalue weighted by molar-refractivity contribution is 5.76. The van der Waals surface area contributed by atoms with Gasteiger partial charge >= 0.3 is 0 Å². The van der Waals surface area contributed by atoms with Gasteiger partial charge in [0, 0.05) is 19.4 Å². The largest absolute Gasteiger partial charge is 0.489 e. The number of nitrogens with one attached hydrogen (secondary N) is 1. The Morgan fingerprint density at radius 1 is 1.12 bits per heavy atom. The molecule has 0 saturated carbocycles. The molecule has 1 amide bonds. The Labute approximate surface area is 152 Å².